The molecule has 0 saturated heterocycles. The molecule has 2 aromatic heterocycles. The molecular weight excluding hydrogens is 300 g/mol. The van der Waals surface area contributed by atoms with Crippen molar-refractivity contribution in [3.05, 3.63) is 65.1 Å². The second-order valence-corrected chi connectivity index (χ2v) is 6.06. The van der Waals surface area contributed by atoms with Crippen LogP contribution in [0.25, 0.3) is 5.65 Å². The molecule has 0 bridgehead atoms. The lowest BCUT2D eigenvalue weighted by atomic mass is 10.1. The van der Waals surface area contributed by atoms with Gasteiger partial charge in [0.05, 0.1) is 12.2 Å². The van der Waals surface area contributed by atoms with E-state index in [1.54, 1.807) is 6.20 Å². The number of nitrogens with zero attached hydrogens (tertiary/aromatic N) is 3. The smallest absolute Gasteiger partial charge is 0.220 e. The molecule has 5 heteroatoms. The van der Waals surface area contributed by atoms with Gasteiger partial charge in [0.25, 0.3) is 0 Å². The first-order valence-electron chi connectivity index (χ1n) is 8.20. The molecule has 5 nitrogen and oxygen atoms in total. The summed E-state index contributed by atoms with van der Waals surface area (Å²) in [5, 5.41) is 7.34. The van der Waals surface area contributed by atoms with E-state index in [9.17, 15) is 4.79 Å². The first-order valence-corrected chi connectivity index (χ1v) is 8.20. The van der Waals surface area contributed by atoms with Gasteiger partial charge in [-0.2, -0.15) is 5.10 Å². The Morgan fingerprint density at radius 1 is 1.21 bits per heavy atom. The van der Waals surface area contributed by atoms with Crippen LogP contribution in [0.4, 0.5) is 0 Å². The lowest BCUT2D eigenvalue weighted by Crippen LogP contribution is -2.27. The van der Waals surface area contributed by atoms with Crippen LogP contribution in [0.5, 0.6) is 0 Å². The summed E-state index contributed by atoms with van der Waals surface area (Å²) in [5.41, 5.74) is 5.05. The molecule has 0 saturated carbocycles. The topological polar surface area (TPSA) is 59.3 Å². The third-order valence-electron chi connectivity index (χ3n) is 4.38. The van der Waals surface area contributed by atoms with Gasteiger partial charge in [-0.3, -0.25) is 4.79 Å². The van der Waals surface area contributed by atoms with E-state index in [0.29, 0.717) is 12.8 Å². The number of carbonyl (C=O) groups is 1. The molecule has 124 valence electrons. The second-order valence-electron chi connectivity index (χ2n) is 6.06. The third kappa shape index (κ3) is 3.30. The van der Waals surface area contributed by atoms with Crippen molar-refractivity contribution < 1.29 is 4.79 Å². The summed E-state index contributed by atoms with van der Waals surface area (Å²) in [6.07, 6.45) is 2.84. The molecule has 0 radical (unpaired) electrons. The van der Waals surface area contributed by atoms with E-state index in [1.165, 1.54) is 0 Å². The Labute approximate surface area is 141 Å². The van der Waals surface area contributed by atoms with Gasteiger partial charge in [-0.05, 0) is 38.3 Å². The molecule has 0 aliphatic carbocycles. The molecular formula is C19H22N4O. The zero-order chi connectivity index (χ0) is 17.1. The standard InChI is InChI=1S/C19H22N4O/c1-13(16-7-5-4-6-8-16)22-19(24)10-9-17-14(2)21-18-11-12-20-23(18)15(17)3/h4-8,11-13H,9-10H2,1-3H3,(H,22,24)/t13-/m0/s1. The Balaban J connectivity index is 1.66. The quantitative estimate of drug-likeness (QED) is 0.785. The van der Waals surface area contributed by atoms with Gasteiger partial charge in [0.1, 0.15) is 0 Å². The van der Waals surface area contributed by atoms with E-state index < -0.39 is 0 Å². The van der Waals surface area contributed by atoms with Crippen LogP contribution in [-0.4, -0.2) is 20.5 Å². The maximum Gasteiger partial charge on any atom is 0.220 e. The Morgan fingerprint density at radius 3 is 2.71 bits per heavy atom. The number of fused-ring (bicyclic) bond motifs is 1. The van der Waals surface area contributed by atoms with Crippen LogP contribution < -0.4 is 5.32 Å². The van der Waals surface area contributed by atoms with Crippen LogP contribution in [-0.2, 0) is 11.2 Å². The van der Waals surface area contributed by atoms with E-state index >= 15 is 0 Å². The van der Waals surface area contributed by atoms with Crippen molar-refractivity contribution in [1.29, 1.82) is 0 Å². The number of aromatic nitrogens is 3. The van der Waals surface area contributed by atoms with Gasteiger partial charge in [-0.15, -0.1) is 0 Å². The van der Waals surface area contributed by atoms with Crippen LogP contribution in [0.2, 0.25) is 0 Å². The van der Waals surface area contributed by atoms with E-state index in [0.717, 1.165) is 28.2 Å². The number of hydrogen-bond donors (Lipinski definition) is 1. The SMILES string of the molecule is Cc1nc2ccnn2c(C)c1CCC(=O)N[C@@H](C)c1ccccc1. The molecule has 0 fully saturated rings. The van der Waals surface area contributed by atoms with E-state index in [-0.39, 0.29) is 11.9 Å². The number of hydrogen-bond acceptors (Lipinski definition) is 3. The molecule has 2 heterocycles. The molecule has 0 unspecified atom stereocenters. The normalized spacial score (nSPS) is 12.3. The summed E-state index contributed by atoms with van der Waals surface area (Å²) in [4.78, 5) is 16.8. The van der Waals surface area contributed by atoms with Crippen LogP contribution in [0.3, 0.4) is 0 Å². The fourth-order valence-electron chi connectivity index (χ4n) is 3.01. The number of nitrogens with one attached hydrogen (secondary N) is 1. The molecule has 0 spiro atoms. The maximum atomic E-state index is 12.3. The highest BCUT2D eigenvalue weighted by Crippen LogP contribution is 2.16. The van der Waals surface area contributed by atoms with Crippen molar-refractivity contribution in [3.8, 4) is 0 Å². The van der Waals surface area contributed by atoms with Gasteiger partial charge in [-0.25, -0.2) is 9.50 Å². The number of rotatable bonds is 5. The third-order valence-corrected chi connectivity index (χ3v) is 4.38. The van der Waals surface area contributed by atoms with Gasteiger partial charge in [0, 0.05) is 23.9 Å². The number of aryl methyl sites for hydroxylation is 2. The summed E-state index contributed by atoms with van der Waals surface area (Å²) in [7, 11) is 0. The largest absolute Gasteiger partial charge is 0.350 e. The van der Waals surface area contributed by atoms with Crippen molar-refractivity contribution in [3.63, 3.8) is 0 Å². The highest BCUT2D eigenvalue weighted by atomic mass is 16.1. The van der Waals surface area contributed by atoms with Crippen LogP contribution in [0.1, 0.15) is 41.9 Å². The summed E-state index contributed by atoms with van der Waals surface area (Å²) in [5.74, 6) is 0.0470. The van der Waals surface area contributed by atoms with Gasteiger partial charge in [0.15, 0.2) is 5.65 Å². The van der Waals surface area contributed by atoms with E-state index in [4.69, 9.17) is 0 Å². The molecule has 3 aromatic rings. The van der Waals surface area contributed by atoms with E-state index in [2.05, 4.69) is 15.4 Å². The Kier molecular flexibility index (Phi) is 4.60. The molecule has 3 rings (SSSR count). The molecule has 1 atom stereocenters. The zero-order valence-corrected chi connectivity index (χ0v) is 14.3. The fourth-order valence-corrected chi connectivity index (χ4v) is 3.01. The van der Waals surface area contributed by atoms with Crippen LogP contribution in [0, 0.1) is 13.8 Å². The second kappa shape index (κ2) is 6.83. The van der Waals surface area contributed by atoms with Crippen molar-refractivity contribution in [2.24, 2.45) is 0 Å². The van der Waals surface area contributed by atoms with Crippen molar-refractivity contribution in [1.82, 2.24) is 19.9 Å². The van der Waals surface area contributed by atoms with Crippen LogP contribution >= 0.6 is 0 Å². The number of carbonyl (C=O) groups excluding carboxylic acids is 1. The molecule has 1 amide bonds. The number of benzene rings is 1. The molecule has 0 aliphatic rings. The minimum atomic E-state index is 0.00705. The van der Waals surface area contributed by atoms with Crippen molar-refractivity contribution in [2.75, 3.05) is 0 Å². The predicted octanol–water partition coefficient (Wildman–Crippen LogP) is 3.16. The molecule has 1 N–H and O–H groups in total. The maximum absolute atomic E-state index is 12.3. The van der Waals surface area contributed by atoms with Crippen molar-refractivity contribution >= 4 is 11.6 Å². The Hall–Kier alpha value is -2.69. The molecule has 0 aliphatic heterocycles. The van der Waals surface area contributed by atoms with Crippen LogP contribution in [0.15, 0.2) is 42.6 Å². The molecule has 1 aromatic carbocycles. The molecule has 24 heavy (non-hydrogen) atoms. The monoisotopic (exact) mass is 322 g/mol. The minimum Gasteiger partial charge on any atom is -0.350 e. The predicted molar refractivity (Wildman–Crippen MR) is 93.8 cm³/mol. The average Bonchev–Trinajstić information content (AvgIpc) is 3.04. The lowest BCUT2D eigenvalue weighted by Gasteiger charge is -2.15. The first-order chi connectivity index (χ1) is 11.6. The summed E-state index contributed by atoms with van der Waals surface area (Å²) in [6.45, 7) is 6.01. The highest BCUT2D eigenvalue weighted by Gasteiger charge is 2.13. The van der Waals surface area contributed by atoms with Crippen molar-refractivity contribution in [2.45, 2.75) is 39.7 Å². The van der Waals surface area contributed by atoms with Gasteiger partial charge >= 0.3 is 0 Å². The summed E-state index contributed by atoms with van der Waals surface area (Å²) < 4.78 is 1.83. The van der Waals surface area contributed by atoms with Gasteiger partial charge in [-0.1, -0.05) is 30.3 Å². The average molecular weight is 322 g/mol. The van der Waals surface area contributed by atoms with E-state index in [1.807, 2.05) is 61.7 Å². The van der Waals surface area contributed by atoms with Gasteiger partial charge in [0.2, 0.25) is 5.91 Å². The van der Waals surface area contributed by atoms with Gasteiger partial charge < -0.3 is 5.32 Å². The number of amides is 1. The Bertz CT molecular complexity index is 854. The lowest BCUT2D eigenvalue weighted by molar-refractivity contribution is -0.121. The Morgan fingerprint density at radius 2 is 1.96 bits per heavy atom. The zero-order valence-electron chi connectivity index (χ0n) is 14.3. The fraction of sp³-hybridized carbons (Fsp3) is 0.316. The highest BCUT2D eigenvalue weighted by molar-refractivity contribution is 5.76. The first kappa shape index (κ1) is 16.2. The minimum absolute atomic E-state index is 0.00705. The summed E-state index contributed by atoms with van der Waals surface area (Å²) in [6, 6.07) is 11.9. The summed E-state index contributed by atoms with van der Waals surface area (Å²) >= 11 is 0.